The third-order valence-electron chi connectivity index (χ3n) is 2.45. The van der Waals surface area contributed by atoms with Crippen molar-refractivity contribution in [2.24, 2.45) is 0 Å². The van der Waals surface area contributed by atoms with Crippen molar-refractivity contribution < 1.29 is 23.0 Å². The van der Waals surface area contributed by atoms with Gasteiger partial charge in [0.2, 0.25) is 0 Å². The van der Waals surface area contributed by atoms with Crippen LogP contribution in [0.1, 0.15) is 5.69 Å². The van der Waals surface area contributed by atoms with E-state index >= 15 is 0 Å². The number of hydrogen-bond donors (Lipinski definition) is 1. The molecule has 2 rings (SSSR count). The molecule has 8 heteroatoms. The number of hydrogen-bond acceptors (Lipinski definition) is 6. The van der Waals surface area contributed by atoms with E-state index < -0.39 is 12.6 Å². The molecule has 0 radical (unpaired) electrons. The molecule has 112 valence electrons. The molecule has 0 aliphatic rings. The minimum absolute atomic E-state index is 0.0252. The molecule has 0 amide bonds. The molecule has 1 N–H and O–H groups in total. The molecule has 0 atom stereocenters. The Balaban J connectivity index is 2.10. The first-order valence-corrected chi connectivity index (χ1v) is 6.78. The van der Waals surface area contributed by atoms with E-state index in [9.17, 15) is 13.6 Å². The number of alkyl halides is 2. The normalized spacial score (nSPS) is 10.5. The third kappa shape index (κ3) is 4.38. The van der Waals surface area contributed by atoms with E-state index in [1.807, 2.05) is 0 Å². The second-order valence-electron chi connectivity index (χ2n) is 3.90. The van der Waals surface area contributed by atoms with Gasteiger partial charge in [0.25, 0.3) is 0 Å². The summed E-state index contributed by atoms with van der Waals surface area (Å²) in [5, 5.41) is 5.05. The van der Waals surface area contributed by atoms with E-state index in [2.05, 4.69) is 19.8 Å². The standard InChI is InChI=1S/C13H12F2N2O3S/c1-19-11(18)6-8-7-21-13(16-8)17-9-4-2-3-5-10(9)20-12(14)15/h2-5,7,12H,6H2,1H3,(H,16,17). The Bertz CT molecular complexity index is 619. The van der Waals surface area contributed by atoms with Gasteiger partial charge in [0.15, 0.2) is 5.13 Å². The predicted octanol–water partition coefficient (Wildman–Crippen LogP) is 3.20. The molecule has 1 aromatic carbocycles. The molecular formula is C13H12F2N2O3S. The summed E-state index contributed by atoms with van der Waals surface area (Å²) in [6.45, 7) is -2.90. The molecule has 0 bridgehead atoms. The summed E-state index contributed by atoms with van der Waals surface area (Å²) in [6.07, 6.45) is 0.0594. The number of halogens is 2. The summed E-state index contributed by atoms with van der Waals surface area (Å²) >= 11 is 1.25. The van der Waals surface area contributed by atoms with Gasteiger partial charge in [-0.3, -0.25) is 4.79 Å². The number of ether oxygens (including phenoxy) is 2. The number of nitrogens with one attached hydrogen (secondary N) is 1. The van der Waals surface area contributed by atoms with Crippen molar-refractivity contribution in [3.8, 4) is 5.75 Å². The highest BCUT2D eigenvalue weighted by Gasteiger charge is 2.12. The monoisotopic (exact) mass is 314 g/mol. The second-order valence-corrected chi connectivity index (χ2v) is 4.75. The Labute approximate surface area is 123 Å². The Kier molecular flexibility index (Phi) is 5.04. The molecule has 0 fully saturated rings. The van der Waals surface area contributed by atoms with Gasteiger partial charge in [-0.2, -0.15) is 8.78 Å². The first-order valence-electron chi connectivity index (χ1n) is 5.90. The average molecular weight is 314 g/mol. The zero-order valence-electron chi connectivity index (χ0n) is 11.0. The van der Waals surface area contributed by atoms with Crippen LogP contribution >= 0.6 is 11.3 Å². The van der Waals surface area contributed by atoms with E-state index in [0.29, 0.717) is 16.5 Å². The molecule has 0 aliphatic carbocycles. The first kappa shape index (κ1) is 15.2. The van der Waals surface area contributed by atoms with Crippen molar-refractivity contribution in [3.63, 3.8) is 0 Å². The van der Waals surface area contributed by atoms with Gasteiger partial charge in [0.1, 0.15) is 5.75 Å². The van der Waals surface area contributed by atoms with Gasteiger partial charge in [-0.1, -0.05) is 12.1 Å². The van der Waals surface area contributed by atoms with Crippen LogP contribution in [-0.4, -0.2) is 24.7 Å². The number of benzene rings is 1. The van der Waals surface area contributed by atoms with Crippen LogP contribution in [0.2, 0.25) is 0 Å². The third-order valence-corrected chi connectivity index (χ3v) is 3.26. The lowest BCUT2D eigenvalue weighted by Crippen LogP contribution is -2.05. The zero-order chi connectivity index (χ0) is 15.2. The van der Waals surface area contributed by atoms with E-state index in [1.54, 1.807) is 23.6 Å². The molecule has 0 spiro atoms. The molecule has 0 saturated heterocycles. The average Bonchev–Trinajstić information content (AvgIpc) is 2.87. The fourth-order valence-corrected chi connectivity index (χ4v) is 2.27. The predicted molar refractivity (Wildman–Crippen MR) is 74.2 cm³/mol. The van der Waals surface area contributed by atoms with E-state index in [4.69, 9.17) is 0 Å². The molecule has 0 unspecified atom stereocenters. The number of anilines is 2. The highest BCUT2D eigenvalue weighted by molar-refractivity contribution is 7.13. The number of nitrogens with zero attached hydrogens (tertiary/aromatic N) is 1. The summed E-state index contributed by atoms with van der Waals surface area (Å²) in [7, 11) is 1.30. The minimum Gasteiger partial charge on any atom is -0.469 e. The van der Waals surface area contributed by atoms with E-state index in [1.165, 1.54) is 24.5 Å². The van der Waals surface area contributed by atoms with Crippen LogP contribution < -0.4 is 10.1 Å². The summed E-state index contributed by atoms with van der Waals surface area (Å²) < 4.78 is 33.6. The van der Waals surface area contributed by atoms with Gasteiger partial charge in [-0.05, 0) is 12.1 Å². The summed E-state index contributed by atoms with van der Waals surface area (Å²) in [4.78, 5) is 15.3. The van der Waals surface area contributed by atoms with Gasteiger partial charge < -0.3 is 14.8 Å². The van der Waals surface area contributed by atoms with Crippen molar-refractivity contribution >= 4 is 28.1 Å². The minimum atomic E-state index is -2.90. The maximum absolute atomic E-state index is 12.3. The highest BCUT2D eigenvalue weighted by Crippen LogP contribution is 2.30. The first-order chi connectivity index (χ1) is 10.1. The van der Waals surface area contributed by atoms with Crippen LogP contribution in [0.3, 0.4) is 0 Å². The summed E-state index contributed by atoms with van der Waals surface area (Å²) in [5.41, 5.74) is 0.915. The van der Waals surface area contributed by atoms with Crippen molar-refractivity contribution in [3.05, 3.63) is 35.3 Å². The fourth-order valence-electron chi connectivity index (χ4n) is 1.55. The Hall–Kier alpha value is -2.22. The van der Waals surface area contributed by atoms with Gasteiger partial charge in [-0.15, -0.1) is 11.3 Å². The number of esters is 1. The topological polar surface area (TPSA) is 60.5 Å². The summed E-state index contributed by atoms with van der Waals surface area (Å²) in [5.74, 6) is -0.370. The molecule has 1 heterocycles. The SMILES string of the molecule is COC(=O)Cc1csc(Nc2ccccc2OC(F)F)n1. The Morgan fingerprint density at radius 1 is 1.43 bits per heavy atom. The number of rotatable bonds is 6. The lowest BCUT2D eigenvalue weighted by molar-refractivity contribution is -0.139. The molecule has 21 heavy (non-hydrogen) atoms. The van der Waals surface area contributed by atoms with Gasteiger partial charge in [-0.25, -0.2) is 4.98 Å². The van der Waals surface area contributed by atoms with Crippen molar-refractivity contribution in [2.45, 2.75) is 13.0 Å². The van der Waals surface area contributed by atoms with Crippen molar-refractivity contribution in [1.29, 1.82) is 0 Å². The molecular weight excluding hydrogens is 302 g/mol. The van der Waals surface area contributed by atoms with Crippen molar-refractivity contribution in [1.82, 2.24) is 4.98 Å². The number of aromatic nitrogens is 1. The van der Waals surface area contributed by atoms with Crippen LogP contribution in [-0.2, 0) is 16.0 Å². The lowest BCUT2D eigenvalue weighted by atomic mass is 10.3. The fraction of sp³-hybridized carbons (Fsp3) is 0.231. The van der Waals surface area contributed by atoms with Gasteiger partial charge in [0.05, 0.1) is 24.9 Å². The van der Waals surface area contributed by atoms with Crippen LogP contribution in [0.15, 0.2) is 29.6 Å². The maximum atomic E-state index is 12.3. The molecule has 2 aromatic rings. The smallest absolute Gasteiger partial charge is 0.387 e. The quantitative estimate of drug-likeness (QED) is 0.830. The molecule has 1 aromatic heterocycles. The maximum Gasteiger partial charge on any atom is 0.387 e. The lowest BCUT2D eigenvalue weighted by Gasteiger charge is -2.10. The highest BCUT2D eigenvalue weighted by atomic mass is 32.1. The van der Waals surface area contributed by atoms with E-state index in [0.717, 1.165) is 0 Å². The van der Waals surface area contributed by atoms with Crippen molar-refractivity contribution in [2.75, 3.05) is 12.4 Å². The van der Waals surface area contributed by atoms with Crippen LogP contribution in [0.4, 0.5) is 19.6 Å². The Morgan fingerprint density at radius 2 is 2.19 bits per heavy atom. The molecule has 0 saturated carbocycles. The van der Waals surface area contributed by atoms with Gasteiger partial charge in [0, 0.05) is 5.38 Å². The molecule has 0 aliphatic heterocycles. The molecule has 5 nitrogen and oxygen atoms in total. The summed E-state index contributed by atoms with van der Waals surface area (Å²) in [6, 6.07) is 6.30. The Morgan fingerprint density at radius 3 is 2.90 bits per heavy atom. The zero-order valence-corrected chi connectivity index (χ0v) is 11.8. The van der Waals surface area contributed by atoms with Crippen LogP contribution in [0, 0.1) is 0 Å². The van der Waals surface area contributed by atoms with Crippen LogP contribution in [0.25, 0.3) is 0 Å². The van der Waals surface area contributed by atoms with Gasteiger partial charge >= 0.3 is 12.6 Å². The number of carbonyl (C=O) groups is 1. The van der Waals surface area contributed by atoms with Crippen LogP contribution in [0.5, 0.6) is 5.75 Å². The number of para-hydroxylation sites is 2. The van der Waals surface area contributed by atoms with E-state index in [-0.39, 0.29) is 12.2 Å². The number of thiazole rings is 1. The second kappa shape index (κ2) is 6.98. The largest absolute Gasteiger partial charge is 0.469 e. The number of methoxy groups -OCH3 is 1. The number of carbonyl (C=O) groups excluding carboxylic acids is 1.